The highest BCUT2D eigenvalue weighted by Crippen LogP contribution is 2.37. The molecule has 0 saturated carbocycles. The van der Waals surface area contributed by atoms with Gasteiger partial charge in [-0.15, -0.1) is 0 Å². The van der Waals surface area contributed by atoms with Crippen molar-refractivity contribution in [2.24, 2.45) is 0 Å². The number of methoxy groups -OCH3 is 1. The number of hydrogen-bond acceptors (Lipinski definition) is 4. The number of benzene rings is 1. The van der Waals surface area contributed by atoms with E-state index in [9.17, 15) is 9.90 Å². The minimum absolute atomic E-state index is 0.0109. The second-order valence-corrected chi connectivity index (χ2v) is 3.26. The van der Waals surface area contributed by atoms with Crippen LogP contribution in [-0.2, 0) is 4.74 Å². The van der Waals surface area contributed by atoms with Crippen molar-refractivity contribution in [3.63, 3.8) is 0 Å². The van der Waals surface area contributed by atoms with E-state index in [4.69, 9.17) is 28.9 Å². The van der Waals surface area contributed by atoms with Crippen LogP contribution in [0, 0.1) is 0 Å². The van der Waals surface area contributed by atoms with Crippen molar-refractivity contribution < 1.29 is 14.6 Å². The second kappa shape index (κ2) is 3.94. The van der Waals surface area contributed by atoms with Gasteiger partial charge in [-0.1, -0.05) is 23.2 Å². The number of esters is 1. The van der Waals surface area contributed by atoms with Gasteiger partial charge < -0.3 is 15.6 Å². The van der Waals surface area contributed by atoms with Crippen molar-refractivity contribution in [3.8, 4) is 5.75 Å². The van der Waals surface area contributed by atoms with Crippen LogP contribution in [0.5, 0.6) is 5.75 Å². The van der Waals surface area contributed by atoms with Gasteiger partial charge in [0.25, 0.3) is 0 Å². The lowest BCUT2D eigenvalue weighted by molar-refractivity contribution is 0.0597. The number of hydrogen-bond donors (Lipinski definition) is 2. The first-order chi connectivity index (χ1) is 6.49. The molecular formula is C8H7Cl2NO3. The predicted molar refractivity (Wildman–Crippen MR) is 53.9 cm³/mol. The van der Waals surface area contributed by atoms with Gasteiger partial charge in [-0.3, -0.25) is 0 Å². The van der Waals surface area contributed by atoms with Crippen LogP contribution in [-0.4, -0.2) is 18.2 Å². The molecular weight excluding hydrogens is 229 g/mol. The van der Waals surface area contributed by atoms with Gasteiger partial charge in [-0.25, -0.2) is 4.79 Å². The molecule has 0 saturated heterocycles. The molecule has 0 radical (unpaired) electrons. The number of ether oxygens (including phenoxy) is 1. The summed E-state index contributed by atoms with van der Waals surface area (Å²) >= 11 is 11.3. The first-order valence-electron chi connectivity index (χ1n) is 3.53. The van der Waals surface area contributed by atoms with Crippen LogP contribution in [0.3, 0.4) is 0 Å². The highest BCUT2D eigenvalue weighted by molar-refractivity contribution is 6.44. The summed E-state index contributed by atoms with van der Waals surface area (Å²) in [7, 11) is 1.18. The van der Waals surface area contributed by atoms with Crippen LogP contribution >= 0.6 is 23.2 Å². The van der Waals surface area contributed by atoms with Crippen LogP contribution in [0.15, 0.2) is 6.07 Å². The maximum absolute atomic E-state index is 11.1. The zero-order valence-electron chi connectivity index (χ0n) is 7.17. The van der Waals surface area contributed by atoms with E-state index in [0.29, 0.717) is 0 Å². The zero-order chi connectivity index (χ0) is 10.9. The van der Waals surface area contributed by atoms with Gasteiger partial charge in [-0.05, 0) is 6.07 Å². The van der Waals surface area contributed by atoms with E-state index in [1.54, 1.807) is 0 Å². The third-order valence-electron chi connectivity index (χ3n) is 1.63. The largest absolute Gasteiger partial charge is 0.505 e. The van der Waals surface area contributed by atoms with E-state index in [2.05, 4.69) is 4.74 Å². The fourth-order valence-corrected chi connectivity index (χ4v) is 1.26. The molecule has 0 aromatic heterocycles. The zero-order valence-corrected chi connectivity index (χ0v) is 8.69. The molecule has 1 rings (SSSR count). The lowest BCUT2D eigenvalue weighted by Gasteiger charge is -2.08. The third kappa shape index (κ3) is 1.71. The molecule has 0 aliphatic rings. The molecule has 76 valence electrons. The number of nitrogens with two attached hydrogens (primary N) is 1. The molecule has 6 heteroatoms. The number of carbonyl (C=O) groups excluding carboxylic acids is 1. The Morgan fingerprint density at radius 2 is 2.14 bits per heavy atom. The highest BCUT2D eigenvalue weighted by Gasteiger charge is 2.18. The molecule has 0 unspecified atom stereocenters. The van der Waals surface area contributed by atoms with Gasteiger partial charge in [-0.2, -0.15) is 0 Å². The van der Waals surface area contributed by atoms with Crippen molar-refractivity contribution >= 4 is 34.9 Å². The predicted octanol–water partition coefficient (Wildman–Crippen LogP) is 2.07. The van der Waals surface area contributed by atoms with Gasteiger partial charge in [0.1, 0.15) is 5.56 Å². The minimum Gasteiger partial charge on any atom is -0.505 e. The number of aromatic hydroxyl groups is 1. The second-order valence-electron chi connectivity index (χ2n) is 2.47. The first kappa shape index (κ1) is 10.9. The summed E-state index contributed by atoms with van der Waals surface area (Å²) in [5.74, 6) is -1.15. The molecule has 0 aliphatic heterocycles. The Kier molecular flexibility index (Phi) is 3.08. The standard InChI is InChI=1S/C8H7Cl2NO3/c1-14-8(13)3-2-4(9)5(10)6(11)7(3)12/h2,12H,11H2,1H3. The van der Waals surface area contributed by atoms with Crippen LogP contribution in [0.1, 0.15) is 10.4 Å². The Labute approximate surface area is 90.2 Å². The summed E-state index contributed by atoms with van der Waals surface area (Å²) in [5, 5.41) is 9.53. The Bertz CT molecular complexity index is 393. The average Bonchev–Trinajstić information content (AvgIpc) is 2.19. The molecule has 0 aliphatic carbocycles. The quantitative estimate of drug-likeness (QED) is 0.444. The van der Waals surface area contributed by atoms with Crippen molar-refractivity contribution in [1.82, 2.24) is 0 Å². The normalized spacial score (nSPS) is 9.93. The van der Waals surface area contributed by atoms with Crippen LogP contribution in [0.2, 0.25) is 10.0 Å². The smallest absolute Gasteiger partial charge is 0.341 e. The molecule has 0 spiro atoms. The summed E-state index contributed by atoms with van der Waals surface area (Å²) in [6.07, 6.45) is 0. The van der Waals surface area contributed by atoms with Gasteiger partial charge in [0, 0.05) is 0 Å². The van der Waals surface area contributed by atoms with E-state index in [1.165, 1.54) is 13.2 Å². The monoisotopic (exact) mass is 235 g/mol. The Balaban J connectivity index is 3.40. The maximum Gasteiger partial charge on any atom is 0.341 e. The molecule has 3 N–H and O–H groups in total. The van der Waals surface area contributed by atoms with E-state index < -0.39 is 11.7 Å². The SMILES string of the molecule is COC(=O)c1cc(Cl)c(Cl)c(N)c1O. The lowest BCUT2D eigenvalue weighted by atomic mass is 10.1. The number of carbonyl (C=O) groups is 1. The molecule has 0 heterocycles. The van der Waals surface area contributed by atoms with Crippen LogP contribution in [0.4, 0.5) is 5.69 Å². The van der Waals surface area contributed by atoms with Crippen LogP contribution < -0.4 is 5.73 Å². The number of rotatable bonds is 1. The van der Waals surface area contributed by atoms with Crippen molar-refractivity contribution in [3.05, 3.63) is 21.7 Å². The van der Waals surface area contributed by atoms with E-state index in [0.717, 1.165) is 0 Å². The van der Waals surface area contributed by atoms with E-state index in [1.807, 2.05) is 0 Å². The van der Waals surface area contributed by atoms with Crippen molar-refractivity contribution in [2.45, 2.75) is 0 Å². The molecule has 1 aromatic rings. The van der Waals surface area contributed by atoms with E-state index in [-0.39, 0.29) is 21.3 Å². The summed E-state index contributed by atoms with van der Waals surface area (Å²) < 4.78 is 4.41. The summed E-state index contributed by atoms with van der Waals surface area (Å²) in [5.41, 5.74) is 5.15. The van der Waals surface area contributed by atoms with E-state index >= 15 is 0 Å². The molecule has 14 heavy (non-hydrogen) atoms. The van der Waals surface area contributed by atoms with Crippen LogP contribution in [0.25, 0.3) is 0 Å². The first-order valence-corrected chi connectivity index (χ1v) is 4.29. The number of nitrogen functional groups attached to an aromatic ring is 1. The molecule has 0 atom stereocenters. The van der Waals surface area contributed by atoms with Crippen molar-refractivity contribution in [2.75, 3.05) is 12.8 Å². The molecule has 4 nitrogen and oxygen atoms in total. The Morgan fingerprint density at radius 3 is 2.64 bits per heavy atom. The molecule has 0 fully saturated rings. The van der Waals surface area contributed by atoms with Gasteiger partial charge in [0.2, 0.25) is 0 Å². The molecule has 0 amide bonds. The topological polar surface area (TPSA) is 72.5 Å². The fraction of sp³-hybridized carbons (Fsp3) is 0.125. The number of phenols is 1. The van der Waals surface area contributed by atoms with Crippen molar-refractivity contribution in [1.29, 1.82) is 0 Å². The summed E-state index contributed by atoms with van der Waals surface area (Å²) in [6.45, 7) is 0. The number of anilines is 1. The van der Waals surface area contributed by atoms with Gasteiger partial charge in [0.15, 0.2) is 5.75 Å². The Morgan fingerprint density at radius 1 is 1.57 bits per heavy atom. The molecule has 0 bridgehead atoms. The highest BCUT2D eigenvalue weighted by atomic mass is 35.5. The summed E-state index contributed by atoms with van der Waals surface area (Å²) in [6, 6.07) is 1.20. The molecule has 1 aromatic carbocycles. The van der Waals surface area contributed by atoms with Gasteiger partial charge in [0.05, 0.1) is 22.8 Å². The van der Waals surface area contributed by atoms with Gasteiger partial charge >= 0.3 is 5.97 Å². The fourth-order valence-electron chi connectivity index (χ4n) is 0.902. The third-order valence-corrected chi connectivity index (χ3v) is 2.43. The summed E-state index contributed by atoms with van der Waals surface area (Å²) in [4.78, 5) is 11.1. The Hall–Kier alpha value is -1.13. The number of phenolic OH excluding ortho intramolecular Hbond substituents is 1. The minimum atomic E-state index is -0.729. The number of halogens is 2. The lowest BCUT2D eigenvalue weighted by Crippen LogP contribution is -2.03. The average molecular weight is 236 g/mol. The maximum atomic E-state index is 11.1.